The molecular formula is C19H18FN3O2. The van der Waals surface area contributed by atoms with Crippen LogP contribution >= 0.6 is 0 Å². The molecule has 0 aromatic heterocycles. The van der Waals surface area contributed by atoms with E-state index in [1.54, 1.807) is 49.5 Å². The highest BCUT2D eigenvalue weighted by molar-refractivity contribution is 6.40. The van der Waals surface area contributed by atoms with Crippen molar-refractivity contribution in [2.24, 2.45) is 5.10 Å². The maximum atomic E-state index is 13.8. The van der Waals surface area contributed by atoms with E-state index < -0.39 is 0 Å². The molecule has 0 saturated carbocycles. The summed E-state index contributed by atoms with van der Waals surface area (Å²) in [6, 6.07) is 15.3. The Morgan fingerprint density at radius 3 is 2.52 bits per heavy atom. The van der Waals surface area contributed by atoms with E-state index in [-0.39, 0.29) is 37.0 Å². The number of benzene rings is 2. The molecule has 0 unspecified atom stereocenters. The molecule has 0 spiro atoms. The van der Waals surface area contributed by atoms with Gasteiger partial charge in [-0.25, -0.2) is 9.40 Å². The first-order valence-corrected chi connectivity index (χ1v) is 8.00. The predicted molar refractivity (Wildman–Crippen MR) is 93.5 cm³/mol. The van der Waals surface area contributed by atoms with Gasteiger partial charge in [-0.05, 0) is 18.2 Å². The number of rotatable bonds is 4. The van der Waals surface area contributed by atoms with E-state index in [1.807, 2.05) is 6.07 Å². The van der Waals surface area contributed by atoms with Crippen LogP contribution in [0.2, 0.25) is 0 Å². The Bertz CT molecular complexity index is 820. The Hall–Kier alpha value is -3.02. The fourth-order valence-corrected chi connectivity index (χ4v) is 2.65. The van der Waals surface area contributed by atoms with Gasteiger partial charge in [0.05, 0.1) is 5.69 Å². The second-order valence-electron chi connectivity index (χ2n) is 5.84. The maximum absolute atomic E-state index is 13.8. The molecule has 1 heterocycles. The number of para-hydroxylation sites is 1. The molecule has 2 aromatic rings. The van der Waals surface area contributed by atoms with E-state index in [0.29, 0.717) is 17.0 Å². The molecule has 1 aliphatic heterocycles. The van der Waals surface area contributed by atoms with E-state index in [1.165, 1.54) is 16.0 Å². The summed E-state index contributed by atoms with van der Waals surface area (Å²) in [5.41, 5.74) is 1.35. The molecule has 5 nitrogen and oxygen atoms in total. The van der Waals surface area contributed by atoms with E-state index in [0.717, 1.165) is 0 Å². The molecule has 2 amide bonds. The monoisotopic (exact) mass is 339 g/mol. The Morgan fingerprint density at radius 2 is 1.80 bits per heavy atom. The van der Waals surface area contributed by atoms with Crippen LogP contribution in [0.15, 0.2) is 59.7 Å². The van der Waals surface area contributed by atoms with Crippen LogP contribution in [0.25, 0.3) is 0 Å². The summed E-state index contributed by atoms with van der Waals surface area (Å²) in [4.78, 5) is 26.2. The van der Waals surface area contributed by atoms with Crippen LogP contribution in [0, 0.1) is 5.82 Å². The van der Waals surface area contributed by atoms with Gasteiger partial charge in [0, 0.05) is 32.0 Å². The highest BCUT2D eigenvalue weighted by Crippen LogP contribution is 2.20. The highest BCUT2D eigenvalue weighted by atomic mass is 19.1. The zero-order valence-electron chi connectivity index (χ0n) is 13.9. The summed E-state index contributed by atoms with van der Waals surface area (Å²) in [6.45, 7) is 0.143. The third-order valence-electron chi connectivity index (χ3n) is 3.99. The molecule has 0 saturated heterocycles. The molecule has 128 valence electrons. The van der Waals surface area contributed by atoms with Crippen LogP contribution in [0.1, 0.15) is 18.4 Å². The number of amides is 2. The number of carbonyl (C=O) groups excluding carboxylic acids is 2. The number of carbonyl (C=O) groups is 2. The fraction of sp³-hybridized carbons (Fsp3) is 0.211. The quantitative estimate of drug-likeness (QED) is 0.860. The molecule has 6 heteroatoms. The predicted octanol–water partition coefficient (Wildman–Crippen LogP) is 2.97. The summed E-state index contributed by atoms with van der Waals surface area (Å²) in [5.74, 6) is -0.815. The van der Waals surface area contributed by atoms with Crippen LogP contribution < -0.4 is 5.01 Å². The van der Waals surface area contributed by atoms with Crippen molar-refractivity contribution in [1.29, 1.82) is 0 Å². The van der Waals surface area contributed by atoms with Crippen LogP contribution in [-0.4, -0.2) is 29.5 Å². The van der Waals surface area contributed by atoms with Crippen LogP contribution in [0.4, 0.5) is 10.1 Å². The van der Waals surface area contributed by atoms with Gasteiger partial charge in [0.2, 0.25) is 5.91 Å². The average molecular weight is 339 g/mol. The Morgan fingerprint density at radius 1 is 1.12 bits per heavy atom. The molecular weight excluding hydrogens is 321 g/mol. The number of nitrogens with zero attached hydrogens (tertiary/aromatic N) is 3. The minimum atomic E-state index is -0.353. The molecule has 3 rings (SSSR count). The van der Waals surface area contributed by atoms with Gasteiger partial charge in [-0.15, -0.1) is 0 Å². The van der Waals surface area contributed by atoms with Crippen LogP contribution in [-0.2, 0) is 16.1 Å². The van der Waals surface area contributed by atoms with Gasteiger partial charge in [-0.3, -0.25) is 9.59 Å². The van der Waals surface area contributed by atoms with E-state index in [4.69, 9.17) is 0 Å². The molecule has 0 atom stereocenters. The maximum Gasteiger partial charge on any atom is 0.270 e. The second kappa shape index (κ2) is 7.25. The van der Waals surface area contributed by atoms with E-state index in [9.17, 15) is 14.0 Å². The SMILES string of the molecule is CN(Cc1ccccc1F)C(=O)C1=NN(c2ccccc2)C(=O)CC1. The van der Waals surface area contributed by atoms with Crippen LogP contribution in [0.3, 0.4) is 0 Å². The van der Waals surface area contributed by atoms with Crippen molar-refractivity contribution in [1.82, 2.24) is 4.90 Å². The lowest BCUT2D eigenvalue weighted by Crippen LogP contribution is -2.39. The van der Waals surface area contributed by atoms with Crippen molar-refractivity contribution < 1.29 is 14.0 Å². The zero-order valence-corrected chi connectivity index (χ0v) is 13.9. The standard InChI is InChI=1S/C19H18FN3O2/c1-22(13-14-7-5-6-10-16(14)20)19(25)17-11-12-18(24)23(21-17)15-8-3-2-4-9-15/h2-10H,11-13H2,1H3. The van der Waals surface area contributed by atoms with Gasteiger partial charge >= 0.3 is 0 Å². The number of hydrazone groups is 1. The van der Waals surface area contributed by atoms with Gasteiger partial charge in [0.15, 0.2) is 0 Å². The highest BCUT2D eigenvalue weighted by Gasteiger charge is 2.27. The first kappa shape index (κ1) is 16.8. The molecule has 25 heavy (non-hydrogen) atoms. The molecule has 0 N–H and O–H groups in total. The zero-order chi connectivity index (χ0) is 17.8. The van der Waals surface area contributed by atoms with Crippen molar-refractivity contribution in [3.05, 3.63) is 66.0 Å². The number of hydrogen-bond acceptors (Lipinski definition) is 3. The van der Waals surface area contributed by atoms with Crippen molar-refractivity contribution >= 4 is 23.2 Å². The molecule has 0 radical (unpaired) electrons. The van der Waals surface area contributed by atoms with Crippen molar-refractivity contribution in [2.45, 2.75) is 19.4 Å². The lowest BCUT2D eigenvalue weighted by molar-refractivity contribution is -0.123. The van der Waals surface area contributed by atoms with Gasteiger partial charge in [0.25, 0.3) is 5.91 Å². The normalized spacial score (nSPS) is 14.2. The van der Waals surface area contributed by atoms with E-state index in [2.05, 4.69) is 5.10 Å². The number of anilines is 1. The summed E-state index contributed by atoms with van der Waals surface area (Å²) in [7, 11) is 1.60. The van der Waals surface area contributed by atoms with Crippen LogP contribution in [0.5, 0.6) is 0 Å². The Labute approximate surface area is 145 Å². The van der Waals surface area contributed by atoms with Crippen molar-refractivity contribution in [3.8, 4) is 0 Å². The number of halogens is 1. The lowest BCUT2D eigenvalue weighted by atomic mass is 10.1. The minimum Gasteiger partial charge on any atom is -0.336 e. The lowest BCUT2D eigenvalue weighted by Gasteiger charge is -2.25. The number of hydrogen-bond donors (Lipinski definition) is 0. The molecule has 0 bridgehead atoms. The Balaban J connectivity index is 1.79. The first-order valence-electron chi connectivity index (χ1n) is 8.00. The third-order valence-corrected chi connectivity index (χ3v) is 3.99. The average Bonchev–Trinajstić information content (AvgIpc) is 2.64. The second-order valence-corrected chi connectivity index (χ2v) is 5.84. The molecule has 0 aliphatic carbocycles. The Kier molecular flexibility index (Phi) is 4.88. The van der Waals surface area contributed by atoms with Gasteiger partial charge in [-0.1, -0.05) is 36.4 Å². The molecule has 2 aromatic carbocycles. The molecule has 1 aliphatic rings. The first-order chi connectivity index (χ1) is 12.1. The topological polar surface area (TPSA) is 53.0 Å². The minimum absolute atomic E-state index is 0.143. The summed E-state index contributed by atoms with van der Waals surface area (Å²) in [6.07, 6.45) is 0.496. The van der Waals surface area contributed by atoms with Crippen molar-refractivity contribution in [2.75, 3.05) is 12.1 Å². The smallest absolute Gasteiger partial charge is 0.270 e. The third kappa shape index (κ3) is 3.74. The molecule has 0 fully saturated rings. The fourth-order valence-electron chi connectivity index (χ4n) is 2.65. The van der Waals surface area contributed by atoms with Gasteiger partial charge in [0.1, 0.15) is 11.5 Å². The largest absolute Gasteiger partial charge is 0.336 e. The van der Waals surface area contributed by atoms with Crippen molar-refractivity contribution in [3.63, 3.8) is 0 Å². The summed E-state index contributed by atoms with van der Waals surface area (Å²) < 4.78 is 13.8. The van der Waals surface area contributed by atoms with Gasteiger partial charge < -0.3 is 4.90 Å². The van der Waals surface area contributed by atoms with E-state index >= 15 is 0 Å². The summed E-state index contributed by atoms with van der Waals surface area (Å²) >= 11 is 0. The van der Waals surface area contributed by atoms with Gasteiger partial charge in [-0.2, -0.15) is 5.10 Å². The summed E-state index contributed by atoms with van der Waals surface area (Å²) in [5, 5.41) is 5.49.